The van der Waals surface area contributed by atoms with Crippen molar-refractivity contribution in [3.05, 3.63) is 24.3 Å². The zero-order valence-electron chi connectivity index (χ0n) is 13.1. The van der Waals surface area contributed by atoms with Crippen molar-refractivity contribution < 1.29 is 24.2 Å². The molecular formula is C16H18N2O5S. The topological polar surface area (TPSA) is 95.9 Å². The predicted octanol–water partition coefficient (Wildman–Crippen LogP) is 1.26. The minimum atomic E-state index is -0.945. The molecule has 2 aliphatic rings. The molecule has 3 rings (SSSR count). The lowest BCUT2D eigenvalue weighted by Gasteiger charge is -2.23. The quantitative estimate of drug-likeness (QED) is 0.830. The molecule has 0 bridgehead atoms. The minimum absolute atomic E-state index is 0.234. The van der Waals surface area contributed by atoms with Crippen LogP contribution in [0.15, 0.2) is 24.3 Å². The van der Waals surface area contributed by atoms with E-state index in [4.69, 9.17) is 9.84 Å². The van der Waals surface area contributed by atoms with Crippen molar-refractivity contribution >= 4 is 35.2 Å². The first-order chi connectivity index (χ1) is 11.5. The monoisotopic (exact) mass is 350 g/mol. The number of carbonyl (C=O) groups excluding carboxylic acids is 2. The second kappa shape index (κ2) is 6.72. The highest BCUT2D eigenvalue weighted by Gasteiger charge is 2.52. The molecule has 1 heterocycles. The summed E-state index contributed by atoms with van der Waals surface area (Å²) >= 11 is 1.50. The van der Waals surface area contributed by atoms with Gasteiger partial charge in [0.15, 0.2) is 0 Å². The van der Waals surface area contributed by atoms with Gasteiger partial charge in [0.2, 0.25) is 11.8 Å². The van der Waals surface area contributed by atoms with Gasteiger partial charge in [-0.15, -0.1) is 11.8 Å². The molecule has 1 aromatic rings. The van der Waals surface area contributed by atoms with Crippen molar-refractivity contribution in [2.24, 2.45) is 11.8 Å². The van der Waals surface area contributed by atoms with E-state index in [0.29, 0.717) is 29.5 Å². The molecule has 2 fully saturated rings. The molecule has 3 unspecified atom stereocenters. The predicted molar refractivity (Wildman–Crippen MR) is 88.8 cm³/mol. The van der Waals surface area contributed by atoms with Gasteiger partial charge in [-0.1, -0.05) is 0 Å². The number of nitrogens with zero attached hydrogens (tertiary/aromatic N) is 1. The smallest absolute Gasteiger partial charge is 0.307 e. The summed E-state index contributed by atoms with van der Waals surface area (Å²) in [5.41, 5.74) is 0.625. The van der Waals surface area contributed by atoms with Gasteiger partial charge in [-0.05, 0) is 30.7 Å². The largest absolute Gasteiger partial charge is 0.497 e. The van der Waals surface area contributed by atoms with Crippen molar-refractivity contribution in [1.82, 2.24) is 4.90 Å². The van der Waals surface area contributed by atoms with E-state index in [9.17, 15) is 14.4 Å². The zero-order chi connectivity index (χ0) is 17.3. The van der Waals surface area contributed by atoms with E-state index in [1.807, 2.05) is 0 Å². The Hall–Kier alpha value is -2.22. The Labute approximate surface area is 143 Å². The zero-order valence-corrected chi connectivity index (χ0v) is 13.9. The summed E-state index contributed by atoms with van der Waals surface area (Å²) in [4.78, 5) is 37.3. The summed E-state index contributed by atoms with van der Waals surface area (Å²) in [6.07, 6.45) is 0.363. The SMILES string of the molecule is COc1ccc(NC(=O)C2CSCN2C(=O)C2CC2C(=O)O)cc1. The number of aliphatic carboxylic acids is 1. The molecule has 8 heteroatoms. The molecule has 24 heavy (non-hydrogen) atoms. The van der Waals surface area contributed by atoms with Gasteiger partial charge in [-0.3, -0.25) is 14.4 Å². The number of amides is 2. The highest BCUT2D eigenvalue weighted by molar-refractivity contribution is 7.99. The first-order valence-electron chi connectivity index (χ1n) is 7.57. The average molecular weight is 350 g/mol. The molecular weight excluding hydrogens is 332 g/mol. The normalized spacial score (nSPS) is 25.2. The van der Waals surface area contributed by atoms with Crippen LogP contribution in [-0.4, -0.2) is 52.6 Å². The molecule has 1 aliphatic heterocycles. The lowest BCUT2D eigenvalue weighted by atomic mass is 10.2. The Morgan fingerprint density at radius 3 is 2.54 bits per heavy atom. The number of carboxylic acid groups (broad SMARTS) is 1. The minimum Gasteiger partial charge on any atom is -0.497 e. The lowest BCUT2D eigenvalue weighted by molar-refractivity contribution is -0.142. The Morgan fingerprint density at radius 2 is 1.96 bits per heavy atom. The average Bonchev–Trinajstić information content (AvgIpc) is 3.24. The first kappa shape index (κ1) is 16.6. The van der Waals surface area contributed by atoms with E-state index in [2.05, 4.69) is 5.32 Å². The van der Waals surface area contributed by atoms with Crippen LogP contribution in [0.4, 0.5) is 5.69 Å². The van der Waals surface area contributed by atoms with Crippen LogP contribution >= 0.6 is 11.8 Å². The number of hydrogen-bond donors (Lipinski definition) is 2. The molecule has 128 valence electrons. The van der Waals surface area contributed by atoms with E-state index in [-0.39, 0.29) is 11.8 Å². The number of nitrogens with one attached hydrogen (secondary N) is 1. The van der Waals surface area contributed by atoms with Gasteiger partial charge in [0.25, 0.3) is 0 Å². The van der Waals surface area contributed by atoms with Crippen molar-refractivity contribution in [1.29, 1.82) is 0 Å². The number of carboxylic acids is 1. The second-order valence-corrected chi connectivity index (χ2v) is 6.83. The number of ether oxygens (including phenoxy) is 1. The fourth-order valence-corrected chi connectivity index (χ4v) is 3.89. The Kier molecular flexibility index (Phi) is 4.66. The number of rotatable bonds is 5. The molecule has 1 saturated carbocycles. The van der Waals surface area contributed by atoms with Crippen LogP contribution in [0.25, 0.3) is 0 Å². The van der Waals surface area contributed by atoms with Crippen LogP contribution < -0.4 is 10.1 Å². The van der Waals surface area contributed by atoms with Crippen LogP contribution in [0.2, 0.25) is 0 Å². The molecule has 0 spiro atoms. The number of benzene rings is 1. The van der Waals surface area contributed by atoms with Crippen LogP contribution in [0.1, 0.15) is 6.42 Å². The van der Waals surface area contributed by atoms with Gasteiger partial charge >= 0.3 is 5.97 Å². The third kappa shape index (κ3) is 3.33. The van der Waals surface area contributed by atoms with E-state index >= 15 is 0 Å². The second-order valence-electron chi connectivity index (χ2n) is 5.83. The Balaban J connectivity index is 1.63. The van der Waals surface area contributed by atoms with Crippen molar-refractivity contribution in [3.63, 3.8) is 0 Å². The van der Waals surface area contributed by atoms with Crippen LogP contribution in [0.3, 0.4) is 0 Å². The van der Waals surface area contributed by atoms with Gasteiger partial charge in [-0.25, -0.2) is 0 Å². The van der Waals surface area contributed by atoms with Gasteiger partial charge in [0.1, 0.15) is 11.8 Å². The van der Waals surface area contributed by atoms with Gasteiger partial charge in [0.05, 0.1) is 24.8 Å². The van der Waals surface area contributed by atoms with Gasteiger partial charge in [0, 0.05) is 11.4 Å². The Bertz CT molecular complexity index is 663. The summed E-state index contributed by atoms with van der Waals surface area (Å²) in [7, 11) is 1.56. The van der Waals surface area contributed by atoms with Crippen molar-refractivity contribution in [2.45, 2.75) is 12.5 Å². The van der Waals surface area contributed by atoms with E-state index in [1.165, 1.54) is 16.7 Å². The molecule has 0 aromatic heterocycles. The van der Waals surface area contributed by atoms with Crippen LogP contribution in [0, 0.1) is 11.8 Å². The summed E-state index contributed by atoms with van der Waals surface area (Å²) < 4.78 is 5.07. The number of hydrogen-bond acceptors (Lipinski definition) is 5. The maximum absolute atomic E-state index is 12.5. The lowest BCUT2D eigenvalue weighted by Crippen LogP contribution is -2.45. The molecule has 1 saturated heterocycles. The molecule has 3 atom stereocenters. The number of methoxy groups -OCH3 is 1. The van der Waals surface area contributed by atoms with E-state index < -0.39 is 23.8 Å². The first-order valence-corrected chi connectivity index (χ1v) is 8.72. The third-order valence-electron chi connectivity index (χ3n) is 4.25. The van der Waals surface area contributed by atoms with Gasteiger partial charge in [-0.2, -0.15) is 0 Å². The summed E-state index contributed by atoms with van der Waals surface area (Å²) in [5.74, 6) is -0.908. The fraction of sp³-hybridized carbons (Fsp3) is 0.438. The molecule has 2 amide bonds. The number of anilines is 1. The molecule has 7 nitrogen and oxygen atoms in total. The fourth-order valence-electron chi connectivity index (χ4n) is 2.73. The molecule has 0 radical (unpaired) electrons. The third-order valence-corrected chi connectivity index (χ3v) is 5.26. The molecule has 1 aromatic carbocycles. The summed E-state index contributed by atoms with van der Waals surface area (Å²) in [6.45, 7) is 0. The number of carbonyl (C=O) groups is 3. The van der Waals surface area contributed by atoms with E-state index in [0.717, 1.165) is 0 Å². The highest BCUT2D eigenvalue weighted by Crippen LogP contribution is 2.41. The van der Waals surface area contributed by atoms with Crippen molar-refractivity contribution in [2.75, 3.05) is 24.1 Å². The van der Waals surface area contributed by atoms with Crippen LogP contribution in [-0.2, 0) is 14.4 Å². The maximum atomic E-state index is 12.5. The number of thioether (sulfide) groups is 1. The van der Waals surface area contributed by atoms with Crippen molar-refractivity contribution in [3.8, 4) is 5.75 Å². The Morgan fingerprint density at radius 1 is 1.25 bits per heavy atom. The highest BCUT2D eigenvalue weighted by atomic mass is 32.2. The summed E-state index contributed by atoms with van der Waals surface area (Å²) in [6, 6.07) is 6.37. The van der Waals surface area contributed by atoms with Crippen LogP contribution in [0.5, 0.6) is 5.75 Å². The standard InChI is InChI=1S/C16H18N2O5S/c1-23-10-4-2-9(3-5-10)17-14(19)13-7-24-8-18(13)15(20)11-6-12(11)16(21)22/h2-5,11-13H,6-8H2,1H3,(H,17,19)(H,21,22). The van der Waals surface area contributed by atoms with E-state index in [1.54, 1.807) is 31.4 Å². The molecule has 2 N–H and O–H groups in total. The van der Waals surface area contributed by atoms with Gasteiger partial charge < -0.3 is 20.1 Å². The maximum Gasteiger partial charge on any atom is 0.307 e. The molecule has 1 aliphatic carbocycles. The summed E-state index contributed by atoms with van der Waals surface area (Å²) in [5, 5.41) is 11.8.